The van der Waals surface area contributed by atoms with E-state index in [9.17, 15) is 13.5 Å². The lowest BCUT2D eigenvalue weighted by molar-refractivity contribution is -0.131. The van der Waals surface area contributed by atoms with Gasteiger partial charge >= 0.3 is 0 Å². The minimum atomic E-state index is -3.45. The predicted octanol–water partition coefficient (Wildman–Crippen LogP) is 1.99. The van der Waals surface area contributed by atoms with Crippen LogP contribution in [0.2, 0.25) is 0 Å². The second-order valence-electron chi connectivity index (χ2n) is 5.70. The molecule has 0 unspecified atom stereocenters. The van der Waals surface area contributed by atoms with Gasteiger partial charge in [-0.25, -0.2) is 0 Å². The van der Waals surface area contributed by atoms with Crippen LogP contribution in [0.15, 0.2) is 12.2 Å². The van der Waals surface area contributed by atoms with E-state index in [0.717, 1.165) is 44.8 Å². The molecular weight excluding hydrogens is 252 g/mol. The van der Waals surface area contributed by atoms with Crippen LogP contribution in [0.4, 0.5) is 0 Å². The smallest absolute Gasteiger partial charge is 0.264 e. The van der Waals surface area contributed by atoms with E-state index in [2.05, 4.69) is 6.08 Å². The maximum Gasteiger partial charge on any atom is 0.264 e. The molecule has 1 saturated carbocycles. The summed E-state index contributed by atoms with van der Waals surface area (Å²) >= 11 is 0. The molecule has 2 atom stereocenters. The molecule has 2 aliphatic carbocycles. The van der Waals surface area contributed by atoms with Gasteiger partial charge in [0.05, 0.1) is 18.5 Å². The first-order chi connectivity index (χ1) is 8.37. The fourth-order valence-electron chi connectivity index (χ4n) is 3.31. The lowest BCUT2D eigenvalue weighted by atomic mass is 9.61. The number of rotatable bonds is 3. The molecule has 0 radical (unpaired) electrons. The topological polar surface area (TPSA) is 63.6 Å². The first-order valence-corrected chi connectivity index (χ1v) is 8.40. The van der Waals surface area contributed by atoms with E-state index in [0.29, 0.717) is 6.42 Å². The van der Waals surface area contributed by atoms with Gasteiger partial charge in [-0.2, -0.15) is 8.42 Å². The van der Waals surface area contributed by atoms with Gasteiger partial charge in [0, 0.05) is 5.41 Å². The van der Waals surface area contributed by atoms with E-state index in [4.69, 9.17) is 4.18 Å². The van der Waals surface area contributed by atoms with E-state index in [1.165, 1.54) is 0 Å². The first kappa shape index (κ1) is 14.0. The molecule has 0 amide bonds. The molecule has 0 bridgehead atoms. The number of fused-ring (bicyclic) bond motifs is 1. The average Bonchev–Trinajstić information content (AvgIpc) is 2.45. The lowest BCUT2D eigenvalue weighted by Crippen LogP contribution is -2.52. The van der Waals surface area contributed by atoms with Gasteiger partial charge in [0.1, 0.15) is 0 Å². The van der Waals surface area contributed by atoms with Crippen molar-refractivity contribution in [2.75, 3.05) is 12.9 Å². The summed E-state index contributed by atoms with van der Waals surface area (Å²) < 4.78 is 27.5. The van der Waals surface area contributed by atoms with Gasteiger partial charge in [0.25, 0.3) is 10.1 Å². The molecule has 104 valence electrons. The Morgan fingerprint density at radius 3 is 2.67 bits per heavy atom. The van der Waals surface area contributed by atoms with Crippen molar-refractivity contribution in [2.24, 2.45) is 5.41 Å². The van der Waals surface area contributed by atoms with Crippen LogP contribution in [-0.2, 0) is 14.3 Å². The van der Waals surface area contributed by atoms with Crippen molar-refractivity contribution in [1.29, 1.82) is 0 Å². The molecule has 5 heteroatoms. The van der Waals surface area contributed by atoms with Gasteiger partial charge in [-0.3, -0.25) is 4.18 Å². The third kappa shape index (κ3) is 2.78. The van der Waals surface area contributed by atoms with E-state index < -0.39 is 21.1 Å². The second kappa shape index (κ2) is 4.94. The summed E-state index contributed by atoms with van der Waals surface area (Å²) in [4.78, 5) is 0. The van der Waals surface area contributed by atoms with Crippen molar-refractivity contribution in [2.45, 2.75) is 50.5 Å². The molecule has 0 aromatic rings. The standard InChI is InChI=1S/C13H22O4S/c1-18(15,16)17-11-12-7-3-2-4-9-13(12,14)10-6-5-8-12/h2,4,14H,3,5-11H2,1H3/t12-,13+/m0/s1. The highest BCUT2D eigenvalue weighted by atomic mass is 32.2. The Labute approximate surface area is 109 Å². The monoisotopic (exact) mass is 274 g/mol. The van der Waals surface area contributed by atoms with Gasteiger partial charge in [0.2, 0.25) is 0 Å². The number of allylic oxidation sites excluding steroid dienone is 1. The third-order valence-corrected chi connectivity index (χ3v) is 4.99. The van der Waals surface area contributed by atoms with Gasteiger partial charge in [-0.05, 0) is 32.1 Å². The van der Waals surface area contributed by atoms with Crippen molar-refractivity contribution >= 4 is 10.1 Å². The lowest BCUT2D eigenvalue weighted by Gasteiger charge is -2.49. The minimum Gasteiger partial charge on any atom is -0.389 e. The molecule has 18 heavy (non-hydrogen) atoms. The summed E-state index contributed by atoms with van der Waals surface area (Å²) in [7, 11) is -3.45. The second-order valence-corrected chi connectivity index (χ2v) is 7.34. The minimum absolute atomic E-state index is 0.115. The molecule has 2 aliphatic rings. The highest BCUT2D eigenvalue weighted by Gasteiger charge is 2.51. The van der Waals surface area contributed by atoms with Crippen molar-refractivity contribution in [3.63, 3.8) is 0 Å². The zero-order valence-electron chi connectivity index (χ0n) is 10.9. The highest BCUT2D eigenvalue weighted by Crippen LogP contribution is 2.51. The molecule has 0 spiro atoms. The number of hydrogen-bond donors (Lipinski definition) is 1. The maximum atomic E-state index is 11.2. The molecule has 0 heterocycles. The van der Waals surface area contributed by atoms with E-state index in [1.54, 1.807) is 0 Å². The highest BCUT2D eigenvalue weighted by molar-refractivity contribution is 7.85. The average molecular weight is 274 g/mol. The third-order valence-electron chi connectivity index (χ3n) is 4.44. The normalized spacial score (nSPS) is 37.0. The zero-order valence-corrected chi connectivity index (χ0v) is 11.7. The van der Waals surface area contributed by atoms with Gasteiger partial charge in [-0.15, -0.1) is 0 Å². The van der Waals surface area contributed by atoms with Crippen LogP contribution in [0.1, 0.15) is 44.9 Å². The van der Waals surface area contributed by atoms with Crippen LogP contribution in [0.5, 0.6) is 0 Å². The van der Waals surface area contributed by atoms with Crippen molar-refractivity contribution < 1.29 is 17.7 Å². The Morgan fingerprint density at radius 2 is 1.94 bits per heavy atom. The molecular formula is C13H22O4S. The van der Waals surface area contributed by atoms with Gasteiger partial charge < -0.3 is 5.11 Å². The Balaban J connectivity index is 2.23. The van der Waals surface area contributed by atoms with Crippen molar-refractivity contribution in [3.05, 3.63) is 12.2 Å². The summed E-state index contributed by atoms with van der Waals surface area (Å²) in [5, 5.41) is 10.9. The summed E-state index contributed by atoms with van der Waals surface area (Å²) in [5.41, 5.74) is -1.21. The van der Waals surface area contributed by atoms with Crippen LogP contribution in [0, 0.1) is 5.41 Å². The van der Waals surface area contributed by atoms with Crippen LogP contribution < -0.4 is 0 Å². The van der Waals surface area contributed by atoms with E-state index >= 15 is 0 Å². The molecule has 0 aliphatic heterocycles. The largest absolute Gasteiger partial charge is 0.389 e. The fourth-order valence-corrected chi connectivity index (χ4v) is 3.75. The molecule has 0 aromatic carbocycles. The van der Waals surface area contributed by atoms with Crippen LogP contribution >= 0.6 is 0 Å². The van der Waals surface area contributed by atoms with Crippen LogP contribution in [-0.4, -0.2) is 32.0 Å². The molecule has 0 aromatic heterocycles. The summed E-state index contributed by atoms with van der Waals surface area (Å²) in [6.45, 7) is 0.115. The molecule has 0 saturated heterocycles. The van der Waals surface area contributed by atoms with Crippen LogP contribution in [0.25, 0.3) is 0 Å². The summed E-state index contributed by atoms with van der Waals surface area (Å²) in [6.07, 6.45) is 11.1. The molecule has 1 N–H and O–H groups in total. The number of hydrogen-bond acceptors (Lipinski definition) is 4. The van der Waals surface area contributed by atoms with Gasteiger partial charge in [0.15, 0.2) is 0 Å². The first-order valence-electron chi connectivity index (χ1n) is 6.59. The SMILES string of the molecule is CS(=O)(=O)OC[C@@]12CCC=CC[C@@]1(O)CCCC2. The Kier molecular flexibility index (Phi) is 3.85. The van der Waals surface area contributed by atoms with Crippen LogP contribution in [0.3, 0.4) is 0 Å². The quantitative estimate of drug-likeness (QED) is 0.631. The maximum absolute atomic E-state index is 11.2. The fraction of sp³-hybridized carbons (Fsp3) is 0.846. The zero-order chi connectivity index (χ0) is 13.3. The number of aliphatic hydroxyl groups is 1. The Hall–Kier alpha value is -0.390. The summed E-state index contributed by atoms with van der Waals surface area (Å²) in [6, 6.07) is 0. The van der Waals surface area contributed by atoms with Crippen molar-refractivity contribution in [1.82, 2.24) is 0 Å². The van der Waals surface area contributed by atoms with Gasteiger partial charge in [-0.1, -0.05) is 25.0 Å². The van der Waals surface area contributed by atoms with E-state index in [1.807, 2.05) is 6.08 Å². The molecule has 4 nitrogen and oxygen atoms in total. The summed E-state index contributed by atoms with van der Waals surface area (Å²) in [5.74, 6) is 0. The van der Waals surface area contributed by atoms with Crippen molar-refractivity contribution in [3.8, 4) is 0 Å². The molecule has 1 fully saturated rings. The molecule has 2 rings (SSSR count). The van der Waals surface area contributed by atoms with E-state index in [-0.39, 0.29) is 6.61 Å². The predicted molar refractivity (Wildman–Crippen MR) is 69.6 cm³/mol. The Morgan fingerprint density at radius 1 is 1.22 bits per heavy atom. The Bertz CT molecular complexity index is 428.